The highest BCUT2D eigenvalue weighted by atomic mass is 16.5. The van der Waals surface area contributed by atoms with Crippen molar-refractivity contribution >= 4 is 11.8 Å². The topological polar surface area (TPSA) is 89.2 Å². The molecule has 1 aromatic heterocycles. The number of carbonyl (C=O) groups excluding carboxylic acids is 2. The fourth-order valence-electron chi connectivity index (χ4n) is 3.11. The molecule has 0 N–H and O–H groups in total. The van der Waals surface area contributed by atoms with E-state index in [1.165, 1.54) is 17.9 Å². The molecule has 2 aliphatic carbocycles. The Morgan fingerprint density at radius 1 is 1.41 bits per heavy atom. The number of hydrogen-bond donors (Lipinski definition) is 0. The van der Waals surface area contributed by atoms with Gasteiger partial charge in [0.05, 0.1) is 12.5 Å². The molecule has 0 spiro atoms. The van der Waals surface area contributed by atoms with Crippen LogP contribution in [-0.4, -0.2) is 23.4 Å². The van der Waals surface area contributed by atoms with Crippen LogP contribution in [0.25, 0.3) is 0 Å². The summed E-state index contributed by atoms with van der Waals surface area (Å²) in [6.07, 6.45) is 4.48. The van der Waals surface area contributed by atoms with E-state index in [0.717, 1.165) is 0 Å². The third kappa shape index (κ3) is 2.13. The van der Waals surface area contributed by atoms with Gasteiger partial charge in [0.2, 0.25) is 0 Å². The number of methoxy groups -OCH3 is 1. The maximum atomic E-state index is 12.5. The van der Waals surface area contributed by atoms with Crippen LogP contribution in [0.1, 0.15) is 47.2 Å². The smallest absolute Gasteiger partial charge is 0.313 e. The van der Waals surface area contributed by atoms with Gasteiger partial charge in [0, 0.05) is 24.7 Å². The van der Waals surface area contributed by atoms with E-state index in [4.69, 9.17) is 4.74 Å². The summed E-state index contributed by atoms with van der Waals surface area (Å²) in [6.45, 7) is 0.160. The van der Waals surface area contributed by atoms with E-state index in [2.05, 4.69) is 0 Å². The third-order valence-electron chi connectivity index (χ3n) is 4.57. The number of ether oxygens (including phenoxy) is 1. The minimum absolute atomic E-state index is 0.0335. The Morgan fingerprint density at radius 2 is 2.14 bits per heavy atom. The summed E-state index contributed by atoms with van der Waals surface area (Å²) in [7, 11) is 1.32. The molecule has 0 radical (unpaired) electrons. The highest BCUT2D eigenvalue weighted by molar-refractivity contribution is 5.98. The molecule has 0 aromatic carbocycles. The summed E-state index contributed by atoms with van der Waals surface area (Å²) in [4.78, 5) is 36.4. The Morgan fingerprint density at radius 3 is 2.73 bits per heavy atom. The summed E-state index contributed by atoms with van der Waals surface area (Å²) in [5, 5.41) is 9.29. The van der Waals surface area contributed by atoms with Crippen LogP contribution in [0.2, 0.25) is 0 Å². The van der Waals surface area contributed by atoms with E-state index in [-0.39, 0.29) is 23.9 Å². The zero-order valence-corrected chi connectivity index (χ0v) is 12.3. The molecule has 114 valence electrons. The van der Waals surface area contributed by atoms with Crippen LogP contribution in [0, 0.1) is 16.7 Å². The quantitative estimate of drug-likeness (QED) is 0.782. The summed E-state index contributed by atoms with van der Waals surface area (Å²) in [6, 6.07) is 1.93. The molecule has 3 rings (SSSR count). The average molecular weight is 300 g/mol. The Bertz CT molecular complexity index is 766. The number of carbonyl (C=O) groups is 2. The van der Waals surface area contributed by atoms with Crippen LogP contribution in [-0.2, 0) is 22.5 Å². The molecule has 1 fully saturated rings. The molecule has 1 aromatic rings. The van der Waals surface area contributed by atoms with Crippen molar-refractivity contribution in [1.29, 1.82) is 5.26 Å². The van der Waals surface area contributed by atoms with Gasteiger partial charge < -0.3 is 9.30 Å². The van der Waals surface area contributed by atoms with Gasteiger partial charge in [-0.2, -0.15) is 5.26 Å². The molecule has 0 bridgehead atoms. The number of pyridine rings is 1. The summed E-state index contributed by atoms with van der Waals surface area (Å²) >= 11 is 0. The first kappa shape index (κ1) is 14.5. The Labute approximate surface area is 127 Å². The predicted molar refractivity (Wildman–Crippen MR) is 76.4 cm³/mol. The zero-order valence-electron chi connectivity index (χ0n) is 12.3. The number of esters is 1. The van der Waals surface area contributed by atoms with Gasteiger partial charge in [0.25, 0.3) is 5.56 Å². The second kappa shape index (κ2) is 5.09. The molecule has 0 atom stereocenters. The highest BCUT2D eigenvalue weighted by Gasteiger charge is 2.51. The van der Waals surface area contributed by atoms with E-state index in [9.17, 15) is 19.6 Å². The lowest BCUT2D eigenvalue weighted by Gasteiger charge is -2.20. The van der Waals surface area contributed by atoms with Crippen LogP contribution in [0.5, 0.6) is 0 Å². The van der Waals surface area contributed by atoms with E-state index in [0.29, 0.717) is 43.2 Å². The zero-order chi connectivity index (χ0) is 15.9. The molecule has 6 heteroatoms. The van der Waals surface area contributed by atoms with E-state index < -0.39 is 11.0 Å². The largest absolute Gasteiger partial charge is 0.469 e. The van der Waals surface area contributed by atoms with Crippen LogP contribution < -0.4 is 5.56 Å². The lowest BCUT2D eigenvalue weighted by Crippen LogP contribution is -2.33. The molecule has 1 heterocycles. The van der Waals surface area contributed by atoms with Gasteiger partial charge in [-0.1, -0.05) is 0 Å². The van der Waals surface area contributed by atoms with E-state index in [1.807, 2.05) is 6.07 Å². The van der Waals surface area contributed by atoms with Gasteiger partial charge in [-0.3, -0.25) is 14.4 Å². The molecule has 0 unspecified atom stereocenters. The van der Waals surface area contributed by atoms with Crippen molar-refractivity contribution in [2.75, 3.05) is 7.11 Å². The summed E-state index contributed by atoms with van der Waals surface area (Å²) in [5.41, 5.74) is -0.0691. The van der Waals surface area contributed by atoms with Crippen LogP contribution in [0.15, 0.2) is 11.0 Å². The Balaban J connectivity index is 2.08. The Kier molecular flexibility index (Phi) is 3.36. The number of Topliss-reactive ketones (excluding diaryl/α,β-unsaturated/α-hetero) is 1. The number of ketones is 1. The standard InChI is InChI=1S/C16H16N2O4/c1-22-15(21)16(5-6-16)9-18-8-12-10(3-2-4-13(12)19)11(7-17)14(18)20/h8H,2-6,9H2,1H3. The van der Waals surface area contributed by atoms with Crippen molar-refractivity contribution < 1.29 is 14.3 Å². The lowest BCUT2D eigenvalue weighted by molar-refractivity contribution is -0.147. The molecule has 1 saturated carbocycles. The van der Waals surface area contributed by atoms with Crippen LogP contribution in [0.4, 0.5) is 0 Å². The first-order chi connectivity index (χ1) is 10.5. The Hall–Kier alpha value is -2.42. The van der Waals surface area contributed by atoms with Crippen molar-refractivity contribution in [3.63, 3.8) is 0 Å². The molecule has 0 saturated heterocycles. The van der Waals surface area contributed by atoms with Gasteiger partial charge in [-0.05, 0) is 31.2 Å². The number of aromatic nitrogens is 1. The van der Waals surface area contributed by atoms with Crippen molar-refractivity contribution in [1.82, 2.24) is 4.57 Å². The van der Waals surface area contributed by atoms with Crippen LogP contribution in [0.3, 0.4) is 0 Å². The molecular formula is C16H16N2O4. The van der Waals surface area contributed by atoms with Crippen LogP contribution >= 0.6 is 0 Å². The maximum absolute atomic E-state index is 12.5. The predicted octanol–water partition coefficient (Wildman–Crippen LogP) is 1.19. The summed E-state index contributed by atoms with van der Waals surface area (Å²) < 4.78 is 6.13. The minimum Gasteiger partial charge on any atom is -0.469 e. The monoisotopic (exact) mass is 300 g/mol. The average Bonchev–Trinajstić information content (AvgIpc) is 3.29. The van der Waals surface area contributed by atoms with Crippen molar-refractivity contribution in [3.05, 3.63) is 33.2 Å². The third-order valence-corrected chi connectivity index (χ3v) is 4.57. The summed E-state index contributed by atoms with van der Waals surface area (Å²) in [5.74, 6) is -0.392. The highest BCUT2D eigenvalue weighted by Crippen LogP contribution is 2.48. The molecule has 6 nitrogen and oxygen atoms in total. The second-order valence-electron chi connectivity index (χ2n) is 5.99. The first-order valence-electron chi connectivity index (χ1n) is 7.30. The van der Waals surface area contributed by atoms with E-state index in [1.54, 1.807) is 0 Å². The number of rotatable bonds is 3. The molecular weight excluding hydrogens is 284 g/mol. The SMILES string of the molecule is COC(=O)C1(Cn2cc3c(c(C#N)c2=O)CCCC3=O)CC1. The molecule has 0 aliphatic heterocycles. The van der Waals surface area contributed by atoms with Gasteiger partial charge in [-0.25, -0.2) is 0 Å². The molecule has 2 aliphatic rings. The van der Waals surface area contributed by atoms with Gasteiger partial charge >= 0.3 is 5.97 Å². The van der Waals surface area contributed by atoms with Gasteiger partial charge in [0.15, 0.2) is 5.78 Å². The number of nitrogens with zero attached hydrogens (tertiary/aromatic N) is 2. The van der Waals surface area contributed by atoms with Gasteiger partial charge in [-0.15, -0.1) is 0 Å². The van der Waals surface area contributed by atoms with Gasteiger partial charge in [0.1, 0.15) is 11.6 Å². The minimum atomic E-state index is -0.683. The maximum Gasteiger partial charge on any atom is 0.313 e. The number of fused-ring (bicyclic) bond motifs is 1. The fraction of sp³-hybridized carbons (Fsp3) is 0.500. The molecule has 22 heavy (non-hydrogen) atoms. The van der Waals surface area contributed by atoms with Crippen molar-refractivity contribution in [2.24, 2.45) is 5.41 Å². The normalized spacial score (nSPS) is 18.3. The number of nitriles is 1. The number of hydrogen-bond acceptors (Lipinski definition) is 5. The van der Waals surface area contributed by atoms with Crippen molar-refractivity contribution in [3.8, 4) is 6.07 Å². The van der Waals surface area contributed by atoms with E-state index >= 15 is 0 Å². The first-order valence-corrected chi connectivity index (χ1v) is 7.30. The second-order valence-corrected chi connectivity index (χ2v) is 5.99. The lowest BCUT2D eigenvalue weighted by atomic mass is 9.89. The molecule has 0 amide bonds. The van der Waals surface area contributed by atoms with Crippen molar-refractivity contribution in [2.45, 2.75) is 38.6 Å². The fourth-order valence-corrected chi connectivity index (χ4v) is 3.11.